The van der Waals surface area contributed by atoms with Gasteiger partial charge in [-0.15, -0.1) is 0 Å². The van der Waals surface area contributed by atoms with E-state index >= 15 is 0 Å². The summed E-state index contributed by atoms with van der Waals surface area (Å²) in [7, 11) is 0. The summed E-state index contributed by atoms with van der Waals surface area (Å²) in [5.41, 5.74) is 2.28. The highest BCUT2D eigenvalue weighted by Crippen LogP contribution is 2.17. The van der Waals surface area contributed by atoms with Crippen LogP contribution in [0.4, 0.5) is 0 Å². The maximum Gasteiger partial charge on any atom is 0.306 e. The van der Waals surface area contributed by atoms with Crippen molar-refractivity contribution < 1.29 is 14.3 Å². The number of benzene rings is 1. The van der Waals surface area contributed by atoms with Crippen molar-refractivity contribution in [3.05, 3.63) is 35.4 Å². The molecule has 0 aliphatic rings. The summed E-state index contributed by atoms with van der Waals surface area (Å²) in [6.45, 7) is 6.16. The minimum atomic E-state index is -0.328. The maximum atomic E-state index is 11.8. The molecule has 0 heterocycles. The van der Waals surface area contributed by atoms with Crippen molar-refractivity contribution in [1.82, 2.24) is 5.32 Å². The molecule has 1 aromatic rings. The molecule has 0 fully saturated rings. The van der Waals surface area contributed by atoms with Crippen LogP contribution in [-0.2, 0) is 14.3 Å². The highest BCUT2D eigenvalue weighted by Gasteiger charge is 2.13. The maximum absolute atomic E-state index is 11.8. The number of carbonyl (C=O) groups excluding carboxylic acids is 2. The average molecular weight is 277 g/mol. The lowest BCUT2D eigenvalue weighted by Crippen LogP contribution is -2.28. The van der Waals surface area contributed by atoms with Gasteiger partial charge in [-0.25, -0.2) is 0 Å². The summed E-state index contributed by atoms with van der Waals surface area (Å²) in [6, 6.07) is 8.10. The third kappa shape index (κ3) is 5.43. The molecule has 20 heavy (non-hydrogen) atoms. The molecule has 1 atom stereocenters. The highest BCUT2D eigenvalue weighted by molar-refractivity contribution is 5.81. The van der Waals surface area contributed by atoms with Gasteiger partial charge in [0.2, 0.25) is 5.91 Å². The second-order valence-electron chi connectivity index (χ2n) is 4.74. The van der Waals surface area contributed by atoms with E-state index in [1.54, 1.807) is 6.92 Å². The van der Waals surface area contributed by atoms with Gasteiger partial charge in [0.25, 0.3) is 0 Å². The van der Waals surface area contributed by atoms with E-state index in [-0.39, 0.29) is 30.8 Å². The van der Waals surface area contributed by atoms with Crippen molar-refractivity contribution >= 4 is 11.9 Å². The van der Waals surface area contributed by atoms with E-state index in [0.29, 0.717) is 6.61 Å². The second-order valence-corrected chi connectivity index (χ2v) is 4.74. The first-order valence-electron chi connectivity index (χ1n) is 7.08. The van der Waals surface area contributed by atoms with Crippen molar-refractivity contribution in [3.63, 3.8) is 0 Å². The van der Waals surface area contributed by atoms with Crippen LogP contribution in [-0.4, -0.2) is 18.5 Å². The molecule has 4 nitrogen and oxygen atoms in total. The minimum absolute atomic E-state index is 0.00899. The predicted octanol–water partition coefficient (Wildman–Crippen LogP) is 2.91. The van der Waals surface area contributed by atoms with Crippen LogP contribution in [0.2, 0.25) is 0 Å². The summed E-state index contributed by atoms with van der Waals surface area (Å²) in [5, 5.41) is 2.95. The minimum Gasteiger partial charge on any atom is -0.466 e. The van der Waals surface area contributed by atoms with Gasteiger partial charge in [0, 0.05) is 6.42 Å². The summed E-state index contributed by atoms with van der Waals surface area (Å²) < 4.78 is 4.80. The molecule has 110 valence electrons. The number of carbonyl (C=O) groups is 2. The van der Waals surface area contributed by atoms with Crippen molar-refractivity contribution in [2.75, 3.05) is 6.61 Å². The third-order valence-corrected chi connectivity index (χ3v) is 3.08. The van der Waals surface area contributed by atoms with Crippen molar-refractivity contribution in [1.29, 1.82) is 0 Å². The summed E-state index contributed by atoms with van der Waals surface area (Å²) in [4.78, 5) is 23.1. The number of esters is 1. The SMILES string of the molecule is CCOC(=O)CCC(=O)NC(CC)c1ccc(C)cc1. The monoisotopic (exact) mass is 277 g/mol. The van der Waals surface area contributed by atoms with E-state index in [4.69, 9.17) is 4.74 Å². The van der Waals surface area contributed by atoms with Crippen LogP contribution in [0.5, 0.6) is 0 Å². The normalized spacial score (nSPS) is 11.8. The number of amides is 1. The molecule has 0 aliphatic carbocycles. The fraction of sp³-hybridized carbons (Fsp3) is 0.500. The van der Waals surface area contributed by atoms with Crippen molar-refractivity contribution in [3.8, 4) is 0 Å². The Morgan fingerprint density at radius 1 is 1.15 bits per heavy atom. The molecule has 0 bridgehead atoms. The van der Waals surface area contributed by atoms with Gasteiger partial charge in [-0.05, 0) is 25.8 Å². The molecule has 1 amide bonds. The largest absolute Gasteiger partial charge is 0.466 e. The lowest BCUT2D eigenvalue weighted by atomic mass is 10.0. The van der Waals surface area contributed by atoms with E-state index < -0.39 is 0 Å². The standard InChI is InChI=1S/C16H23NO3/c1-4-14(13-8-6-12(3)7-9-13)17-15(18)10-11-16(19)20-5-2/h6-9,14H,4-5,10-11H2,1-3H3,(H,17,18). The Hall–Kier alpha value is -1.84. The molecule has 0 radical (unpaired) electrons. The van der Waals surface area contributed by atoms with E-state index in [1.807, 2.05) is 38.1 Å². The molecule has 0 spiro atoms. The first-order chi connectivity index (χ1) is 9.56. The highest BCUT2D eigenvalue weighted by atomic mass is 16.5. The van der Waals surface area contributed by atoms with Gasteiger partial charge in [-0.2, -0.15) is 0 Å². The van der Waals surface area contributed by atoms with E-state index in [0.717, 1.165) is 12.0 Å². The Kier molecular flexibility index (Phi) is 6.77. The third-order valence-electron chi connectivity index (χ3n) is 3.08. The van der Waals surface area contributed by atoms with E-state index in [1.165, 1.54) is 5.56 Å². The van der Waals surface area contributed by atoms with Crippen LogP contribution in [0.3, 0.4) is 0 Å². The quantitative estimate of drug-likeness (QED) is 0.780. The summed E-state index contributed by atoms with van der Waals surface area (Å²) in [5.74, 6) is -0.448. The Bertz CT molecular complexity index is 440. The second kappa shape index (κ2) is 8.35. The smallest absolute Gasteiger partial charge is 0.306 e. The molecule has 0 saturated carbocycles. The topological polar surface area (TPSA) is 55.4 Å². The van der Waals surface area contributed by atoms with Crippen LogP contribution in [0, 0.1) is 6.92 Å². The van der Waals surface area contributed by atoms with Crippen LogP contribution in [0.1, 0.15) is 50.3 Å². The zero-order valence-electron chi connectivity index (χ0n) is 12.4. The van der Waals surface area contributed by atoms with Gasteiger partial charge in [0.1, 0.15) is 0 Å². The molecule has 0 saturated heterocycles. The lowest BCUT2D eigenvalue weighted by molar-refractivity contribution is -0.144. The number of aryl methyl sites for hydroxylation is 1. The zero-order valence-corrected chi connectivity index (χ0v) is 12.4. The number of hydrogen-bond donors (Lipinski definition) is 1. The number of nitrogens with one attached hydrogen (secondary N) is 1. The molecule has 1 rings (SSSR count). The molecule has 1 unspecified atom stereocenters. The number of hydrogen-bond acceptors (Lipinski definition) is 3. The summed E-state index contributed by atoms with van der Waals surface area (Å²) in [6.07, 6.45) is 1.11. The summed E-state index contributed by atoms with van der Waals surface area (Å²) >= 11 is 0. The molecule has 1 aromatic carbocycles. The first-order valence-corrected chi connectivity index (χ1v) is 7.08. The van der Waals surface area contributed by atoms with E-state index in [9.17, 15) is 9.59 Å². The number of rotatable bonds is 7. The van der Waals surface area contributed by atoms with Crippen LogP contribution in [0.25, 0.3) is 0 Å². The van der Waals surface area contributed by atoms with Crippen LogP contribution in [0.15, 0.2) is 24.3 Å². The van der Waals surface area contributed by atoms with Crippen LogP contribution < -0.4 is 5.32 Å². The first kappa shape index (κ1) is 16.2. The molecule has 0 aromatic heterocycles. The average Bonchev–Trinajstić information content (AvgIpc) is 2.44. The molecular formula is C16H23NO3. The zero-order chi connectivity index (χ0) is 15.0. The fourth-order valence-corrected chi connectivity index (χ4v) is 1.94. The van der Waals surface area contributed by atoms with Crippen molar-refractivity contribution in [2.24, 2.45) is 0 Å². The number of ether oxygens (including phenoxy) is 1. The fourth-order valence-electron chi connectivity index (χ4n) is 1.94. The molecule has 1 N–H and O–H groups in total. The molecular weight excluding hydrogens is 254 g/mol. The van der Waals surface area contributed by atoms with Gasteiger partial charge >= 0.3 is 5.97 Å². The molecule has 4 heteroatoms. The lowest BCUT2D eigenvalue weighted by Gasteiger charge is -2.17. The van der Waals surface area contributed by atoms with Gasteiger partial charge in [-0.1, -0.05) is 36.8 Å². The van der Waals surface area contributed by atoms with Crippen molar-refractivity contribution in [2.45, 2.75) is 46.1 Å². The van der Waals surface area contributed by atoms with Crippen LogP contribution >= 0.6 is 0 Å². The Morgan fingerprint density at radius 3 is 2.35 bits per heavy atom. The Balaban J connectivity index is 2.49. The van der Waals surface area contributed by atoms with Gasteiger partial charge in [0.05, 0.1) is 19.1 Å². The van der Waals surface area contributed by atoms with Gasteiger partial charge < -0.3 is 10.1 Å². The molecule has 0 aliphatic heterocycles. The van der Waals surface area contributed by atoms with E-state index in [2.05, 4.69) is 5.32 Å². The van der Waals surface area contributed by atoms with Gasteiger partial charge in [-0.3, -0.25) is 9.59 Å². The predicted molar refractivity (Wildman–Crippen MR) is 78.2 cm³/mol. The Morgan fingerprint density at radius 2 is 1.80 bits per heavy atom. The van der Waals surface area contributed by atoms with Gasteiger partial charge in [0.15, 0.2) is 0 Å². The Labute approximate surface area is 120 Å².